The lowest BCUT2D eigenvalue weighted by molar-refractivity contribution is -0.197. The van der Waals surface area contributed by atoms with Gasteiger partial charge in [-0.2, -0.15) is 0 Å². The Balaban J connectivity index is 3.89. The van der Waals surface area contributed by atoms with E-state index in [1.54, 1.807) is 0 Å². The van der Waals surface area contributed by atoms with E-state index in [1.807, 2.05) is 0 Å². The van der Waals surface area contributed by atoms with Crippen LogP contribution in [-0.2, 0) is 9.47 Å². The molecule has 6 heteroatoms. The lowest BCUT2D eigenvalue weighted by Gasteiger charge is -2.21. The second kappa shape index (κ2) is 9.95. The summed E-state index contributed by atoms with van der Waals surface area (Å²) in [6, 6.07) is 0. The van der Waals surface area contributed by atoms with Crippen molar-refractivity contribution in [1.29, 1.82) is 0 Å². The van der Waals surface area contributed by atoms with Crippen LogP contribution < -0.4 is 0 Å². The molecule has 4 N–H and O–H groups in total. The Morgan fingerprint density at radius 2 is 1.69 bits per heavy atom. The molecule has 0 aliphatic rings. The van der Waals surface area contributed by atoms with E-state index in [0.29, 0.717) is 6.42 Å². The lowest BCUT2D eigenvalue weighted by atomic mass is 10.2. The summed E-state index contributed by atoms with van der Waals surface area (Å²) >= 11 is 0. The molecule has 0 aromatic heterocycles. The zero-order valence-corrected chi connectivity index (χ0v) is 9.29. The zero-order valence-electron chi connectivity index (χ0n) is 9.29. The summed E-state index contributed by atoms with van der Waals surface area (Å²) in [4.78, 5) is 0. The van der Waals surface area contributed by atoms with Gasteiger partial charge in [0.2, 0.25) is 0 Å². The summed E-state index contributed by atoms with van der Waals surface area (Å²) in [6.45, 7) is 2.72. The third-order valence-electron chi connectivity index (χ3n) is 1.91. The van der Waals surface area contributed by atoms with E-state index in [1.165, 1.54) is 0 Å². The van der Waals surface area contributed by atoms with Crippen molar-refractivity contribution in [2.75, 3.05) is 19.8 Å². The molecule has 3 atom stereocenters. The molecule has 1 radical (unpaired) electrons. The third kappa shape index (κ3) is 7.98. The van der Waals surface area contributed by atoms with Gasteiger partial charge in [0.05, 0.1) is 25.9 Å². The van der Waals surface area contributed by atoms with E-state index in [2.05, 4.69) is 6.92 Å². The van der Waals surface area contributed by atoms with Crippen LogP contribution in [0.5, 0.6) is 0 Å². The molecule has 0 aliphatic heterocycles. The normalized spacial score (nSPS) is 17.1. The van der Waals surface area contributed by atoms with Crippen molar-refractivity contribution in [3.05, 3.63) is 6.92 Å². The number of hydrogen-bond acceptors (Lipinski definition) is 6. The molecule has 0 bridgehead atoms. The van der Waals surface area contributed by atoms with Gasteiger partial charge in [-0.3, -0.25) is 0 Å². The van der Waals surface area contributed by atoms with Crippen molar-refractivity contribution >= 4 is 0 Å². The predicted octanol–water partition coefficient (Wildman–Crippen LogP) is -0.986. The van der Waals surface area contributed by atoms with Crippen LogP contribution in [0.3, 0.4) is 0 Å². The Kier molecular flexibility index (Phi) is 9.80. The minimum absolute atomic E-state index is 0.0405. The van der Waals surface area contributed by atoms with Crippen LogP contribution >= 0.6 is 0 Å². The highest BCUT2D eigenvalue weighted by molar-refractivity contribution is 4.60. The van der Waals surface area contributed by atoms with E-state index in [0.717, 1.165) is 12.8 Å². The molecule has 0 spiro atoms. The van der Waals surface area contributed by atoms with Gasteiger partial charge in [-0.1, -0.05) is 19.8 Å². The lowest BCUT2D eigenvalue weighted by Crippen LogP contribution is -2.31. The van der Waals surface area contributed by atoms with Crippen molar-refractivity contribution in [3.8, 4) is 0 Å². The quantitative estimate of drug-likeness (QED) is 0.364. The standard InChI is InChI=1S/C10H21O6/c1-2-3-4-8(16-10(14)6-12)7-15-9(13)5-11/h8-14H,1-7H2. The van der Waals surface area contributed by atoms with Crippen molar-refractivity contribution in [3.63, 3.8) is 0 Å². The van der Waals surface area contributed by atoms with Crippen molar-refractivity contribution in [2.24, 2.45) is 0 Å². The second-order valence-corrected chi connectivity index (χ2v) is 3.36. The van der Waals surface area contributed by atoms with Crippen molar-refractivity contribution < 1.29 is 29.9 Å². The average Bonchev–Trinajstić information content (AvgIpc) is 2.31. The molecule has 16 heavy (non-hydrogen) atoms. The largest absolute Gasteiger partial charge is 0.391 e. The fourth-order valence-corrected chi connectivity index (χ4v) is 1.10. The molecule has 0 aliphatic carbocycles. The van der Waals surface area contributed by atoms with Crippen molar-refractivity contribution in [1.82, 2.24) is 0 Å². The van der Waals surface area contributed by atoms with Crippen molar-refractivity contribution in [2.45, 2.75) is 37.9 Å². The van der Waals surface area contributed by atoms with Crippen LogP contribution in [0, 0.1) is 6.92 Å². The topological polar surface area (TPSA) is 99.4 Å². The molecule has 6 nitrogen and oxygen atoms in total. The van der Waals surface area contributed by atoms with Crippen LogP contribution in [-0.4, -0.2) is 58.9 Å². The maximum atomic E-state index is 9.09. The first-order chi connectivity index (χ1) is 7.63. The summed E-state index contributed by atoms with van der Waals surface area (Å²) in [7, 11) is 0. The molecule has 0 heterocycles. The summed E-state index contributed by atoms with van der Waals surface area (Å²) < 4.78 is 9.92. The maximum Gasteiger partial charge on any atom is 0.178 e. The summed E-state index contributed by atoms with van der Waals surface area (Å²) in [5.74, 6) is 0. The molecule has 0 aromatic rings. The number of hydrogen-bond donors (Lipinski definition) is 4. The first-order valence-electron chi connectivity index (χ1n) is 5.28. The highest BCUT2D eigenvalue weighted by Crippen LogP contribution is 2.08. The van der Waals surface area contributed by atoms with Gasteiger partial charge in [0.25, 0.3) is 0 Å². The van der Waals surface area contributed by atoms with Gasteiger partial charge in [0.15, 0.2) is 12.6 Å². The average molecular weight is 237 g/mol. The Hall–Kier alpha value is -0.240. The minimum atomic E-state index is -1.26. The van der Waals surface area contributed by atoms with Gasteiger partial charge in [0.1, 0.15) is 0 Å². The molecular formula is C10H21O6. The number of rotatable bonds is 10. The van der Waals surface area contributed by atoms with Gasteiger partial charge < -0.3 is 29.9 Å². The van der Waals surface area contributed by atoms with E-state index in [9.17, 15) is 0 Å². The number of ether oxygens (including phenoxy) is 2. The van der Waals surface area contributed by atoms with E-state index >= 15 is 0 Å². The summed E-state index contributed by atoms with van der Waals surface area (Å²) in [6.07, 6.45) is -0.857. The molecule has 97 valence electrons. The fraction of sp³-hybridized carbons (Fsp3) is 0.900. The van der Waals surface area contributed by atoms with Crippen LogP contribution in [0.15, 0.2) is 0 Å². The molecule has 3 unspecified atom stereocenters. The van der Waals surface area contributed by atoms with Crippen LogP contribution in [0.2, 0.25) is 0 Å². The zero-order chi connectivity index (χ0) is 12.4. The van der Waals surface area contributed by atoms with Gasteiger partial charge in [-0.05, 0) is 6.42 Å². The molecule has 0 rings (SSSR count). The monoisotopic (exact) mass is 237 g/mol. The number of unbranched alkanes of at least 4 members (excludes halogenated alkanes) is 1. The highest BCUT2D eigenvalue weighted by Gasteiger charge is 2.15. The molecule has 0 saturated carbocycles. The fourth-order valence-electron chi connectivity index (χ4n) is 1.10. The smallest absolute Gasteiger partial charge is 0.178 e. The van der Waals surface area contributed by atoms with Crippen LogP contribution in [0.1, 0.15) is 19.3 Å². The Morgan fingerprint density at radius 1 is 1.06 bits per heavy atom. The summed E-state index contributed by atoms with van der Waals surface area (Å²) in [5.41, 5.74) is 0. The molecule has 0 fully saturated rings. The van der Waals surface area contributed by atoms with Crippen LogP contribution in [0.25, 0.3) is 0 Å². The predicted molar refractivity (Wildman–Crippen MR) is 56.2 cm³/mol. The van der Waals surface area contributed by atoms with E-state index < -0.39 is 31.9 Å². The number of aliphatic hydroxyl groups excluding tert-OH is 4. The Bertz CT molecular complexity index is 154. The van der Waals surface area contributed by atoms with Gasteiger partial charge in [0, 0.05) is 0 Å². The van der Waals surface area contributed by atoms with E-state index in [4.69, 9.17) is 29.9 Å². The number of aliphatic hydroxyl groups is 4. The summed E-state index contributed by atoms with van der Waals surface area (Å²) in [5, 5.41) is 35.2. The SMILES string of the molecule is [CH2]CCCC(COC(O)CO)OC(O)CO. The van der Waals surface area contributed by atoms with Gasteiger partial charge >= 0.3 is 0 Å². The maximum absolute atomic E-state index is 9.09. The molecular weight excluding hydrogens is 216 g/mol. The Labute approximate surface area is 95.4 Å². The second-order valence-electron chi connectivity index (χ2n) is 3.36. The minimum Gasteiger partial charge on any atom is -0.391 e. The van der Waals surface area contributed by atoms with E-state index in [-0.39, 0.29) is 6.61 Å². The first kappa shape index (κ1) is 15.8. The van der Waals surface area contributed by atoms with Gasteiger partial charge in [-0.25, -0.2) is 0 Å². The Morgan fingerprint density at radius 3 is 2.19 bits per heavy atom. The van der Waals surface area contributed by atoms with Crippen LogP contribution in [0.4, 0.5) is 0 Å². The molecule has 0 amide bonds. The first-order valence-corrected chi connectivity index (χ1v) is 5.28. The highest BCUT2D eigenvalue weighted by atomic mass is 16.7. The molecule has 0 aromatic carbocycles. The van der Waals surface area contributed by atoms with Gasteiger partial charge in [-0.15, -0.1) is 0 Å². The molecule has 0 saturated heterocycles. The third-order valence-corrected chi connectivity index (χ3v) is 1.91.